The lowest BCUT2D eigenvalue weighted by Gasteiger charge is -2.36. The summed E-state index contributed by atoms with van der Waals surface area (Å²) in [6.45, 7) is 6.98. The molecule has 0 aliphatic carbocycles. The van der Waals surface area contributed by atoms with Crippen LogP contribution in [0.15, 0.2) is 67.5 Å². The van der Waals surface area contributed by atoms with Crippen molar-refractivity contribution in [3.8, 4) is 11.1 Å². The summed E-state index contributed by atoms with van der Waals surface area (Å²) in [5.41, 5.74) is 1.98. The number of hydrogen-bond acceptors (Lipinski definition) is 8. The number of rotatable bonds is 8. The van der Waals surface area contributed by atoms with Gasteiger partial charge in [0.2, 0.25) is 11.9 Å². The van der Waals surface area contributed by atoms with E-state index in [1.165, 1.54) is 18.3 Å². The topological polar surface area (TPSA) is 107 Å². The van der Waals surface area contributed by atoms with E-state index in [-0.39, 0.29) is 29.8 Å². The molecule has 0 spiro atoms. The van der Waals surface area contributed by atoms with E-state index >= 15 is 8.78 Å². The van der Waals surface area contributed by atoms with Crippen LogP contribution in [0.2, 0.25) is 0 Å². The molecule has 0 atom stereocenters. The van der Waals surface area contributed by atoms with Gasteiger partial charge < -0.3 is 20.6 Å². The predicted molar refractivity (Wildman–Crippen MR) is 147 cm³/mol. The highest BCUT2D eigenvalue weighted by molar-refractivity contribution is 5.99. The smallest absolute Gasteiger partial charge is 0.248 e. The Morgan fingerprint density at radius 1 is 1.05 bits per heavy atom. The minimum atomic E-state index is -0.506. The molecule has 11 heteroatoms. The molecule has 5 rings (SSSR count). The van der Waals surface area contributed by atoms with Gasteiger partial charge in [0.25, 0.3) is 0 Å². The molecule has 9 nitrogen and oxygen atoms in total. The Bertz CT molecular complexity index is 1520. The number of aromatic nitrogens is 3. The number of carbonyl (C=O) groups is 1. The Balaban J connectivity index is 1.40. The Morgan fingerprint density at radius 3 is 2.62 bits per heavy atom. The van der Waals surface area contributed by atoms with Crippen LogP contribution in [0.4, 0.5) is 31.9 Å². The Labute approximate surface area is 223 Å². The summed E-state index contributed by atoms with van der Waals surface area (Å²) in [6.07, 6.45) is 4.14. The number of fused-ring (bicyclic) bond motifs is 1. The van der Waals surface area contributed by atoms with Crippen LogP contribution in [-0.4, -0.2) is 70.2 Å². The molecule has 0 bridgehead atoms. The number of aliphatic hydroxyl groups excluding tert-OH is 1. The summed E-state index contributed by atoms with van der Waals surface area (Å²) in [6, 6.07) is 10.9. The van der Waals surface area contributed by atoms with Crippen molar-refractivity contribution in [3.05, 3.63) is 79.1 Å². The van der Waals surface area contributed by atoms with Gasteiger partial charge in [0.15, 0.2) is 0 Å². The summed E-state index contributed by atoms with van der Waals surface area (Å²) >= 11 is 0. The van der Waals surface area contributed by atoms with Crippen molar-refractivity contribution >= 4 is 40.0 Å². The van der Waals surface area contributed by atoms with Crippen LogP contribution < -0.4 is 15.5 Å². The summed E-state index contributed by atoms with van der Waals surface area (Å²) in [7, 11) is 0. The molecule has 1 aliphatic rings. The molecule has 1 aliphatic heterocycles. The lowest BCUT2D eigenvalue weighted by Crippen LogP contribution is -2.47. The predicted octanol–water partition coefficient (Wildman–Crippen LogP) is 3.95. The highest BCUT2D eigenvalue weighted by Crippen LogP contribution is 2.32. The van der Waals surface area contributed by atoms with Crippen LogP contribution in [0, 0.1) is 11.6 Å². The van der Waals surface area contributed by atoms with Gasteiger partial charge >= 0.3 is 0 Å². The Kier molecular flexibility index (Phi) is 7.71. The summed E-state index contributed by atoms with van der Waals surface area (Å²) in [5, 5.41) is 15.3. The molecule has 4 aromatic rings. The molecule has 2 aromatic heterocycles. The van der Waals surface area contributed by atoms with E-state index in [1.807, 2.05) is 4.90 Å². The molecule has 3 N–H and O–H groups in total. The van der Waals surface area contributed by atoms with E-state index < -0.39 is 11.7 Å². The van der Waals surface area contributed by atoms with E-state index in [4.69, 9.17) is 5.11 Å². The third kappa shape index (κ3) is 5.84. The quantitative estimate of drug-likeness (QED) is 0.294. The second-order valence-corrected chi connectivity index (χ2v) is 9.02. The number of hydrogen-bond donors (Lipinski definition) is 3. The number of carbonyl (C=O) groups excluding carboxylic acids is 1. The lowest BCUT2D eigenvalue weighted by molar-refractivity contribution is -0.111. The zero-order valence-corrected chi connectivity index (χ0v) is 21.1. The van der Waals surface area contributed by atoms with Crippen molar-refractivity contribution in [2.75, 3.05) is 54.9 Å². The van der Waals surface area contributed by atoms with Crippen molar-refractivity contribution in [1.82, 2.24) is 19.9 Å². The Hall–Kier alpha value is -4.48. The molecule has 0 saturated carbocycles. The number of nitrogens with one attached hydrogen (secondary N) is 2. The molecule has 1 fully saturated rings. The van der Waals surface area contributed by atoms with Crippen molar-refractivity contribution in [2.24, 2.45) is 0 Å². The number of aliphatic hydroxyl groups is 1. The minimum Gasteiger partial charge on any atom is -0.395 e. The maximum Gasteiger partial charge on any atom is 0.248 e. The SMILES string of the molecule is C=CC(=O)Nc1cc(-c2c(F)ccc3cnc(Nc4ccc(N5CCN(CCO)CC5)c(F)c4)nc23)ccn1. The third-order valence-corrected chi connectivity index (χ3v) is 6.52. The fourth-order valence-corrected chi connectivity index (χ4v) is 4.56. The number of nitrogens with zero attached hydrogens (tertiary/aromatic N) is 5. The van der Waals surface area contributed by atoms with Gasteiger partial charge in [-0.2, -0.15) is 0 Å². The number of pyridine rings is 1. The highest BCUT2D eigenvalue weighted by Gasteiger charge is 2.20. The maximum atomic E-state index is 15.1. The summed E-state index contributed by atoms with van der Waals surface area (Å²) < 4.78 is 30.2. The van der Waals surface area contributed by atoms with Crippen LogP contribution in [0.5, 0.6) is 0 Å². The lowest BCUT2D eigenvalue weighted by atomic mass is 10.0. The van der Waals surface area contributed by atoms with Gasteiger partial charge in [0.05, 0.1) is 17.8 Å². The average molecular weight is 532 g/mol. The molecule has 1 saturated heterocycles. The maximum absolute atomic E-state index is 15.1. The first kappa shape index (κ1) is 26.1. The molecular weight excluding hydrogens is 504 g/mol. The normalized spacial score (nSPS) is 13.9. The van der Waals surface area contributed by atoms with E-state index in [1.54, 1.807) is 36.5 Å². The van der Waals surface area contributed by atoms with Crippen molar-refractivity contribution in [1.29, 1.82) is 0 Å². The second kappa shape index (κ2) is 11.5. The first-order valence-corrected chi connectivity index (χ1v) is 12.4. The number of β-amino-alcohol motifs (C(OH)–C–C–N with tert-alkyl or cyclic N) is 1. The van der Waals surface area contributed by atoms with Crippen molar-refractivity contribution < 1.29 is 18.7 Å². The average Bonchev–Trinajstić information content (AvgIpc) is 2.94. The largest absolute Gasteiger partial charge is 0.395 e. The van der Waals surface area contributed by atoms with Gasteiger partial charge in [-0.1, -0.05) is 6.58 Å². The van der Waals surface area contributed by atoms with Crippen molar-refractivity contribution in [2.45, 2.75) is 0 Å². The van der Waals surface area contributed by atoms with Crippen LogP contribution in [0.25, 0.3) is 22.0 Å². The van der Waals surface area contributed by atoms with Gasteiger partial charge in [0, 0.05) is 61.8 Å². The second-order valence-electron chi connectivity index (χ2n) is 9.02. The van der Waals surface area contributed by atoms with Crippen LogP contribution >= 0.6 is 0 Å². The van der Waals surface area contributed by atoms with E-state index in [0.29, 0.717) is 47.5 Å². The number of piperazine rings is 1. The fraction of sp³-hybridized carbons (Fsp3) is 0.214. The molecule has 3 heterocycles. The van der Waals surface area contributed by atoms with E-state index in [9.17, 15) is 4.79 Å². The van der Waals surface area contributed by atoms with Crippen LogP contribution in [-0.2, 0) is 4.79 Å². The standard InChI is InChI=1S/C28H27F2N7O2/c1-2-25(39)34-24-15-18(7-8-31-24)26-21(29)5-3-19-17-32-28(35-27(19)26)33-20-4-6-23(22(30)16-20)37-11-9-36(10-12-37)13-14-38/h2-8,15-17,38H,1,9-14H2,(H,31,34,39)(H,32,33,35). The van der Waals surface area contributed by atoms with Crippen LogP contribution in [0.3, 0.4) is 0 Å². The highest BCUT2D eigenvalue weighted by atomic mass is 19.1. The summed E-state index contributed by atoms with van der Waals surface area (Å²) in [4.78, 5) is 28.8. The van der Waals surface area contributed by atoms with E-state index in [0.717, 1.165) is 19.2 Å². The molecule has 0 unspecified atom stereocenters. The van der Waals surface area contributed by atoms with Gasteiger partial charge in [-0.3, -0.25) is 9.69 Å². The molecule has 200 valence electrons. The Morgan fingerprint density at radius 2 is 1.87 bits per heavy atom. The molecule has 39 heavy (non-hydrogen) atoms. The molecule has 2 aromatic carbocycles. The molecular formula is C28H27F2N7O2. The van der Waals surface area contributed by atoms with E-state index in [2.05, 4.69) is 37.1 Å². The van der Waals surface area contributed by atoms with Gasteiger partial charge in [-0.15, -0.1) is 0 Å². The first-order valence-electron chi connectivity index (χ1n) is 12.4. The number of benzene rings is 2. The minimum absolute atomic E-state index is 0.108. The van der Waals surface area contributed by atoms with Crippen molar-refractivity contribution in [3.63, 3.8) is 0 Å². The monoisotopic (exact) mass is 531 g/mol. The third-order valence-electron chi connectivity index (χ3n) is 6.52. The van der Waals surface area contributed by atoms with Gasteiger partial charge in [-0.25, -0.2) is 23.7 Å². The number of halogens is 2. The molecule has 1 amide bonds. The molecule has 0 radical (unpaired) electrons. The first-order chi connectivity index (χ1) is 18.9. The number of anilines is 4. The van der Waals surface area contributed by atoms with Gasteiger partial charge in [0.1, 0.15) is 17.5 Å². The van der Waals surface area contributed by atoms with Gasteiger partial charge in [-0.05, 0) is 54.1 Å². The fourth-order valence-electron chi connectivity index (χ4n) is 4.56. The van der Waals surface area contributed by atoms with Crippen LogP contribution in [0.1, 0.15) is 0 Å². The number of amides is 1. The zero-order chi connectivity index (χ0) is 27.4. The summed E-state index contributed by atoms with van der Waals surface area (Å²) in [5.74, 6) is -0.906. The zero-order valence-electron chi connectivity index (χ0n) is 21.1.